The molecule has 0 saturated heterocycles. The van der Waals surface area contributed by atoms with Crippen molar-refractivity contribution in [2.24, 2.45) is 56.7 Å². The number of carbonyl (C=O) groups is 2. The van der Waals surface area contributed by atoms with E-state index in [1.54, 1.807) is 6.20 Å². The Hall–Kier alpha value is -2.23. The van der Waals surface area contributed by atoms with E-state index in [9.17, 15) is 9.59 Å². The van der Waals surface area contributed by atoms with Crippen molar-refractivity contribution < 1.29 is 9.59 Å². The van der Waals surface area contributed by atoms with Crippen molar-refractivity contribution in [3.05, 3.63) is 47.8 Å². The summed E-state index contributed by atoms with van der Waals surface area (Å²) in [7, 11) is 0. The van der Waals surface area contributed by atoms with Crippen LogP contribution in [0.5, 0.6) is 0 Å². The van der Waals surface area contributed by atoms with Gasteiger partial charge in [-0.05, 0) is 147 Å². The van der Waals surface area contributed by atoms with Gasteiger partial charge >= 0.3 is 0 Å². The summed E-state index contributed by atoms with van der Waals surface area (Å²) >= 11 is 0. The summed E-state index contributed by atoms with van der Waals surface area (Å²) in [5.41, 5.74) is 3.09. The molecule has 0 unspecified atom stereocenters. The van der Waals surface area contributed by atoms with E-state index in [2.05, 4.69) is 70.6 Å². The summed E-state index contributed by atoms with van der Waals surface area (Å²) in [6.07, 6.45) is 21.8. The van der Waals surface area contributed by atoms with E-state index in [1.807, 2.05) is 12.3 Å². The zero-order valence-electron chi connectivity index (χ0n) is 29.7. The van der Waals surface area contributed by atoms with Gasteiger partial charge in [-0.25, -0.2) is 0 Å². The van der Waals surface area contributed by atoms with Gasteiger partial charge in [0.1, 0.15) is 0 Å². The molecule has 6 aliphatic rings. The molecular formula is C42H60N2O2. The first-order valence-electron chi connectivity index (χ1n) is 18.9. The van der Waals surface area contributed by atoms with Gasteiger partial charge in [0, 0.05) is 23.9 Å². The van der Waals surface area contributed by atoms with Crippen LogP contribution in [-0.2, 0) is 9.59 Å². The lowest BCUT2D eigenvalue weighted by Crippen LogP contribution is -2.67. The standard InChI is InChI=1S/C42H60N2O2/c1-27(2)31-17-20-42(37(46)44-30-13-9-8-10-14-30)22-21-40(6)32(35(31)42)15-16-34-39(5)25-29(24-28-12-11-23-43-26-28)36(45)38(3,4)33(39)18-19-41(34,40)7/h11-12,23-24,26,30-35H,1,8-10,13-22,25H2,2-7H3,(H,44,46)/b29-24-/t31-,32+,33-,34+,35+,39-,40+,41+,42-/m0/s1. The summed E-state index contributed by atoms with van der Waals surface area (Å²) in [5, 5.41) is 3.65. The van der Waals surface area contributed by atoms with Crippen molar-refractivity contribution in [2.75, 3.05) is 0 Å². The minimum Gasteiger partial charge on any atom is -0.353 e. The highest BCUT2D eigenvalue weighted by Gasteiger charge is 2.72. The van der Waals surface area contributed by atoms with E-state index in [0.717, 1.165) is 62.5 Å². The molecule has 4 heteroatoms. The Morgan fingerprint density at radius 1 is 0.913 bits per heavy atom. The van der Waals surface area contributed by atoms with E-state index in [1.165, 1.54) is 44.1 Å². The molecule has 0 spiro atoms. The number of carbonyl (C=O) groups excluding carboxylic acids is 2. The summed E-state index contributed by atoms with van der Waals surface area (Å²) in [4.78, 5) is 33.0. The lowest BCUT2D eigenvalue weighted by atomic mass is 9.32. The quantitative estimate of drug-likeness (QED) is 0.268. The minimum atomic E-state index is -0.379. The van der Waals surface area contributed by atoms with Gasteiger partial charge in [0.25, 0.3) is 0 Å². The summed E-state index contributed by atoms with van der Waals surface area (Å²) in [6.45, 7) is 19.1. The maximum absolute atomic E-state index is 14.5. The fraction of sp³-hybridized carbons (Fsp3) is 0.738. The fourth-order valence-electron chi connectivity index (χ4n) is 13.8. The van der Waals surface area contributed by atoms with Crippen molar-refractivity contribution in [2.45, 2.75) is 137 Å². The lowest BCUT2D eigenvalue weighted by molar-refractivity contribution is -0.229. The van der Waals surface area contributed by atoms with Crippen LogP contribution in [-0.4, -0.2) is 22.7 Å². The maximum atomic E-state index is 14.5. The minimum absolute atomic E-state index is 0.0583. The Kier molecular flexibility index (Phi) is 7.84. The van der Waals surface area contributed by atoms with Crippen LogP contribution in [0.1, 0.15) is 137 Å². The topological polar surface area (TPSA) is 59.1 Å². The molecule has 0 bridgehead atoms. The Labute approximate surface area is 279 Å². The molecule has 0 aliphatic heterocycles. The van der Waals surface area contributed by atoms with E-state index < -0.39 is 0 Å². The number of nitrogens with one attached hydrogen (secondary N) is 1. The average Bonchev–Trinajstić information content (AvgIpc) is 3.43. The monoisotopic (exact) mass is 624 g/mol. The number of fused-ring (bicyclic) bond motifs is 7. The van der Waals surface area contributed by atoms with Gasteiger partial charge in [0.05, 0.1) is 5.41 Å². The summed E-state index contributed by atoms with van der Waals surface area (Å²) in [5.74, 6) is 3.02. The van der Waals surface area contributed by atoms with Crippen LogP contribution >= 0.6 is 0 Å². The largest absolute Gasteiger partial charge is 0.353 e. The average molecular weight is 625 g/mol. The SMILES string of the molecule is C=C(C)[C@@H]1CC[C@]2(C(=O)NC3CCCCC3)CC[C@]3(C)[C@H](CC[C@@H]4[C@@]5(C)C/C(=C/c6cccnc6)C(=O)C(C)(C)[C@@H]5CC[C@]43C)[C@@H]12. The Morgan fingerprint density at radius 3 is 2.37 bits per heavy atom. The number of ketones is 1. The molecule has 6 aliphatic carbocycles. The van der Waals surface area contributed by atoms with Crippen LogP contribution in [0.4, 0.5) is 0 Å². The number of allylic oxidation sites excluding steroid dienone is 2. The number of nitrogens with zero attached hydrogens (tertiary/aromatic N) is 1. The first-order valence-corrected chi connectivity index (χ1v) is 18.9. The third-order valence-electron chi connectivity index (χ3n) is 16.1. The second-order valence-electron chi connectivity index (χ2n) is 18.3. The molecule has 0 aromatic carbocycles. The number of aromatic nitrogens is 1. The molecule has 250 valence electrons. The predicted octanol–water partition coefficient (Wildman–Crippen LogP) is 9.75. The smallest absolute Gasteiger partial charge is 0.226 e. The van der Waals surface area contributed by atoms with Gasteiger partial charge in [-0.3, -0.25) is 14.6 Å². The van der Waals surface area contributed by atoms with Gasteiger partial charge in [0.15, 0.2) is 5.78 Å². The van der Waals surface area contributed by atoms with Crippen molar-refractivity contribution in [3.63, 3.8) is 0 Å². The number of hydrogen-bond acceptors (Lipinski definition) is 3. The fourth-order valence-corrected chi connectivity index (χ4v) is 13.8. The maximum Gasteiger partial charge on any atom is 0.226 e. The molecule has 9 atom stereocenters. The molecule has 1 amide bonds. The highest BCUT2D eigenvalue weighted by molar-refractivity contribution is 6.04. The van der Waals surface area contributed by atoms with Gasteiger partial charge in [0.2, 0.25) is 5.91 Å². The zero-order valence-corrected chi connectivity index (χ0v) is 29.7. The molecule has 0 radical (unpaired) electrons. The lowest BCUT2D eigenvalue weighted by Gasteiger charge is -2.72. The first kappa shape index (κ1) is 32.3. The summed E-state index contributed by atoms with van der Waals surface area (Å²) in [6, 6.07) is 4.40. The van der Waals surface area contributed by atoms with Crippen LogP contribution < -0.4 is 5.32 Å². The number of hydrogen-bond donors (Lipinski definition) is 1. The number of amides is 1. The normalized spacial score (nSPS) is 44.4. The van der Waals surface area contributed by atoms with Crippen LogP contribution in [0, 0.1) is 56.7 Å². The third kappa shape index (κ3) is 4.53. The predicted molar refractivity (Wildman–Crippen MR) is 187 cm³/mol. The molecule has 1 aromatic heterocycles. The molecule has 1 aromatic rings. The van der Waals surface area contributed by atoms with Crippen LogP contribution in [0.2, 0.25) is 0 Å². The Morgan fingerprint density at radius 2 is 1.67 bits per heavy atom. The van der Waals surface area contributed by atoms with Crippen molar-refractivity contribution in [1.29, 1.82) is 0 Å². The molecule has 6 saturated carbocycles. The van der Waals surface area contributed by atoms with Crippen molar-refractivity contribution in [3.8, 4) is 0 Å². The van der Waals surface area contributed by atoms with E-state index >= 15 is 0 Å². The highest BCUT2D eigenvalue weighted by atomic mass is 16.2. The Bertz CT molecular complexity index is 1420. The van der Waals surface area contributed by atoms with Gasteiger partial charge in [-0.2, -0.15) is 0 Å². The van der Waals surface area contributed by atoms with Gasteiger partial charge in [-0.15, -0.1) is 0 Å². The third-order valence-corrected chi connectivity index (χ3v) is 16.1. The zero-order chi connectivity index (χ0) is 32.7. The van der Waals surface area contributed by atoms with Crippen molar-refractivity contribution in [1.82, 2.24) is 10.3 Å². The molecule has 7 rings (SSSR count). The number of Topliss-reactive ketones (excluding diaryl/α,β-unsaturated/α-hetero) is 1. The number of pyridine rings is 1. The molecule has 46 heavy (non-hydrogen) atoms. The molecule has 4 nitrogen and oxygen atoms in total. The Balaban J connectivity index is 1.24. The van der Waals surface area contributed by atoms with Gasteiger partial charge in [-0.1, -0.05) is 72.1 Å². The van der Waals surface area contributed by atoms with Gasteiger partial charge < -0.3 is 5.32 Å². The van der Waals surface area contributed by atoms with E-state index in [4.69, 9.17) is 0 Å². The molecule has 1 heterocycles. The first-order chi connectivity index (χ1) is 21.8. The number of rotatable bonds is 4. The molecule has 6 fully saturated rings. The second-order valence-corrected chi connectivity index (χ2v) is 18.3. The van der Waals surface area contributed by atoms with E-state index in [0.29, 0.717) is 47.3 Å². The van der Waals surface area contributed by atoms with Crippen LogP contribution in [0.15, 0.2) is 42.3 Å². The molecule has 1 N–H and O–H groups in total. The van der Waals surface area contributed by atoms with E-state index in [-0.39, 0.29) is 27.1 Å². The van der Waals surface area contributed by atoms with Crippen LogP contribution in [0.25, 0.3) is 6.08 Å². The second kappa shape index (κ2) is 11.2. The molecular weight excluding hydrogens is 564 g/mol. The highest BCUT2D eigenvalue weighted by Crippen LogP contribution is 2.77. The van der Waals surface area contributed by atoms with Crippen molar-refractivity contribution >= 4 is 17.8 Å². The summed E-state index contributed by atoms with van der Waals surface area (Å²) < 4.78 is 0. The van der Waals surface area contributed by atoms with Crippen LogP contribution in [0.3, 0.4) is 0 Å².